The van der Waals surface area contributed by atoms with Crippen LogP contribution in [0.2, 0.25) is 5.02 Å². The zero-order chi connectivity index (χ0) is 12.8. The fourth-order valence-electron chi connectivity index (χ4n) is 1.50. The number of nitrogens with two attached hydrogens (primary N) is 1. The molecule has 1 aromatic rings. The van der Waals surface area contributed by atoms with Gasteiger partial charge in [0.05, 0.1) is 10.6 Å². The summed E-state index contributed by atoms with van der Waals surface area (Å²) in [5, 5.41) is 3.99. The topological polar surface area (TPSA) is 38.0 Å². The van der Waals surface area contributed by atoms with Crippen molar-refractivity contribution in [2.24, 2.45) is 5.73 Å². The summed E-state index contributed by atoms with van der Waals surface area (Å²) >= 11 is 13.0. The third kappa shape index (κ3) is 4.37. The molecule has 0 spiro atoms. The maximum Gasteiger partial charge on any atom is 0.107 e. The van der Waals surface area contributed by atoms with Crippen LogP contribution < -0.4 is 11.1 Å². The summed E-state index contributed by atoms with van der Waals surface area (Å²) in [6.07, 6.45) is 0. The van der Waals surface area contributed by atoms with Gasteiger partial charge >= 0.3 is 0 Å². The van der Waals surface area contributed by atoms with Crippen molar-refractivity contribution >= 4 is 46.3 Å². The second-order valence-corrected chi connectivity index (χ2v) is 5.90. The lowest BCUT2D eigenvalue weighted by Gasteiger charge is -2.18. The van der Waals surface area contributed by atoms with Gasteiger partial charge in [-0.05, 0) is 24.8 Å². The van der Waals surface area contributed by atoms with Crippen molar-refractivity contribution in [3.63, 3.8) is 0 Å². The van der Waals surface area contributed by atoms with E-state index >= 15 is 0 Å². The molecule has 17 heavy (non-hydrogen) atoms. The SMILES string of the molecule is CCSCC(C)Nc1cccc(Cl)c1C(N)=S. The summed E-state index contributed by atoms with van der Waals surface area (Å²) in [5.74, 6) is 2.16. The van der Waals surface area contributed by atoms with Crippen LogP contribution in [0.25, 0.3) is 0 Å². The van der Waals surface area contributed by atoms with E-state index in [-0.39, 0.29) is 0 Å². The highest BCUT2D eigenvalue weighted by molar-refractivity contribution is 7.99. The molecule has 0 fully saturated rings. The minimum absolute atomic E-state index is 0.327. The van der Waals surface area contributed by atoms with E-state index in [2.05, 4.69) is 19.2 Å². The van der Waals surface area contributed by atoms with E-state index in [1.165, 1.54) is 0 Å². The number of thiocarbonyl (C=S) groups is 1. The summed E-state index contributed by atoms with van der Waals surface area (Å²) in [5.41, 5.74) is 7.34. The average Bonchev–Trinajstić information content (AvgIpc) is 2.25. The van der Waals surface area contributed by atoms with Crippen LogP contribution in [0.4, 0.5) is 5.69 Å². The van der Waals surface area contributed by atoms with E-state index in [0.717, 1.165) is 22.8 Å². The molecule has 5 heteroatoms. The Bertz CT molecular complexity index is 396. The van der Waals surface area contributed by atoms with Crippen LogP contribution >= 0.6 is 35.6 Å². The summed E-state index contributed by atoms with van der Waals surface area (Å²) in [7, 11) is 0. The fraction of sp³-hybridized carbons (Fsp3) is 0.417. The van der Waals surface area contributed by atoms with E-state index in [0.29, 0.717) is 16.1 Å². The quantitative estimate of drug-likeness (QED) is 0.786. The van der Waals surface area contributed by atoms with Crippen molar-refractivity contribution in [2.45, 2.75) is 19.9 Å². The second-order valence-electron chi connectivity index (χ2n) is 3.73. The van der Waals surface area contributed by atoms with Gasteiger partial charge in [-0.25, -0.2) is 0 Å². The van der Waals surface area contributed by atoms with Gasteiger partial charge in [0.2, 0.25) is 0 Å². The zero-order valence-electron chi connectivity index (χ0n) is 10.00. The van der Waals surface area contributed by atoms with Gasteiger partial charge in [-0.3, -0.25) is 0 Å². The van der Waals surface area contributed by atoms with Gasteiger partial charge in [0.1, 0.15) is 4.99 Å². The predicted octanol–water partition coefficient (Wildman–Crippen LogP) is 3.53. The number of thioether (sulfide) groups is 1. The molecule has 0 radical (unpaired) electrons. The zero-order valence-corrected chi connectivity index (χ0v) is 12.4. The average molecular weight is 289 g/mol. The Kier molecular flexibility index (Phi) is 6.09. The van der Waals surface area contributed by atoms with Crippen molar-refractivity contribution in [1.29, 1.82) is 0 Å². The lowest BCUT2D eigenvalue weighted by molar-refractivity contribution is 0.913. The summed E-state index contributed by atoms with van der Waals surface area (Å²) < 4.78 is 0. The highest BCUT2D eigenvalue weighted by Gasteiger charge is 2.11. The third-order valence-electron chi connectivity index (χ3n) is 2.23. The first-order valence-electron chi connectivity index (χ1n) is 5.48. The van der Waals surface area contributed by atoms with Crippen LogP contribution in [0, 0.1) is 0 Å². The Labute approximate surface area is 117 Å². The monoisotopic (exact) mass is 288 g/mol. The molecule has 0 aliphatic carbocycles. The maximum absolute atomic E-state index is 6.10. The molecular formula is C12H17ClN2S2. The van der Waals surface area contributed by atoms with Crippen molar-refractivity contribution in [3.8, 4) is 0 Å². The van der Waals surface area contributed by atoms with Crippen LogP contribution in [-0.4, -0.2) is 22.5 Å². The highest BCUT2D eigenvalue weighted by Crippen LogP contribution is 2.25. The lowest BCUT2D eigenvalue weighted by atomic mass is 10.1. The van der Waals surface area contributed by atoms with Gasteiger partial charge in [-0.1, -0.05) is 36.8 Å². The van der Waals surface area contributed by atoms with Gasteiger partial charge in [0.25, 0.3) is 0 Å². The van der Waals surface area contributed by atoms with Crippen molar-refractivity contribution in [1.82, 2.24) is 0 Å². The first-order chi connectivity index (χ1) is 8.06. The molecule has 0 amide bonds. The number of benzene rings is 1. The van der Waals surface area contributed by atoms with Crippen LogP contribution in [0.15, 0.2) is 18.2 Å². The molecule has 0 saturated heterocycles. The minimum atomic E-state index is 0.327. The predicted molar refractivity (Wildman–Crippen MR) is 83.4 cm³/mol. The Morgan fingerprint density at radius 2 is 2.29 bits per heavy atom. The molecule has 0 aliphatic heterocycles. The Morgan fingerprint density at radius 1 is 1.59 bits per heavy atom. The number of halogens is 1. The minimum Gasteiger partial charge on any atom is -0.389 e. The summed E-state index contributed by atoms with van der Waals surface area (Å²) in [6.45, 7) is 4.28. The molecule has 1 aromatic carbocycles. The Morgan fingerprint density at radius 3 is 2.88 bits per heavy atom. The highest BCUT2D eigenvalue weighted by atomic mass is 35.5. The molecule has 1 atom stereocenters. The fourth-order valence-corrected chi connectivity index (χ4v) is 2.72. The largest absolute Gasteiger partial charge is 0.389 e. The van der Waals surface area contributed by atoms with Crippen LogP contribution in [0.3, 0.4) is 0 Å². The van der Waals surface area contributed by atoms with E-state index in [9.17, 15) is 0 Å². The molecule has 1 unspecified atom stereocenters. The van der Waals surface area contributed by atoms with E-state index in [4.69, 9.17) is 29.6 Å². The third-order valence-corrected chi connectivity index (χ3v) is 3.90. The smallest absolute Gasteiger partial charge is 0.107 e. The maximum atomic E-state index is 6.10. The first-order valence-corrected chi connectivity index (χ1v) is 7.43. The second kappa shape index (κ2) is 7.09. The normalized spacial score (nSPS) is 12.2. The van der Waals surface area contributed by atoms with Crippen LogP contribution in [0.5, 0.6) is 0 Å². The molecule has 0 saturated carbocycles. The summed E-state index contributed by atoms with van der Waals surface area (Å²) in [6, 6.07) is 6.00. The lowest BCUT2D eigenvalue weighted by Crippen LogP contribution is -2.21. The molecule has 0 aliphatic rings. The van der Waals surface area contributed by atoms with Gasteiger partial charge in [0, 0.05) is 17.5 Å². The first kappa shape index (κ1) is 14.6. The standard InChI is InChI=1S/C12H17ClN2S2/c1-3-17-7-8(2)15-10-6-4-5-9(13)11(10)12(14)16/h4-6,8,15H,3,7H2,1-2H3,(H2,14,16). The molecular weight excluding hydrogens is 272 g/mol. The van der Waals surface area contributed by atoms with Gasteiger partial charge < -0.3 is 11.1 Å². The Balaban J connectivity index is 2.83. The van der Waals surface area contributed by atoms with Gasteiger partial charge in [0.15, 0.2) is 0 Å². The number of nitrogens with one attached hydrogen (secondary N) is 1. The number of rotatable bonds is 6. The molecule has 0 aromatic heterocycles. The molecule has 1 rings (SSSR count). The molecule has 94 valence electrons. The Hall–Kier alpha value is -0.450. The summed E-state index contributed by atoms with van der Waals surface area (Å²) in [4.78, 5) is 0.327. The van der Waals surface area contributed by atoms with Crippen molar-refractivity contribution < 1.29 is 0 Å². The molecule has 0 heterocycles. The number of hydrogen-bond acceptors (Lipinski definition) is 3. The van der Waals surface area contributed by atoms with Crippen LogP contribution in [0.1, 0.15) is 19.4 Å². The van der Waals surface area contributed by atoms with Crippen molar-refractivity contribution in [3.05, 3.63) is 28.8 Å². The van der Waals surface area contributed by atoms with Gasteiger partial charge in [-0.2, -0.15) is 11.8 Å². The molecule has 0 bridgehead atoms. The molecule has 2 nitrogen and oxygen atoms in total. The van der Waals surface area contributed by atoms with Crippen LogP contribution in [-0.2, 0) is 0 Å². The van der Waals surface area contributed by atoms with Crippen molar-refractivity contribution in [2.75, 3.05) is 16.8 Å². The van der Waals surface area contributed by atoms with Gasteiger partial charge in [-0.15, -0.1) is 0 Å². The number of anilines is 1. The molecule has 3 N–H and O–H groups in total. The van der Waals surface area contributed by atoms with E-state index < -0.39 is 0 Å². The van der Waals surface area contributed by atoms with E-state index in [1.54, 1.807) is 6.07 Å². The van der Waals surface area contributed by atoms with E-state index in [1.807, 2.05) is 23.9 Å². The number of hydrogen-bond donors (Lipinski definition) is 2.